The predicted molar refractivity (Wildman–Crippen MR) is 116 cm³/mol. The van der Waals surface area contributed by atoms with E-state index in [4.69, 9.17) is 9.72 Å². The number of aryl methyl sites for hydroxylation is 2. The highest BCUT2D eigenvalue weighted by atomic mass is 16.5. The minimum absolute atomic E-state index is 0.333. The Morgan fingerprint density at radius 3 is 2.70 bits per heavy atom. The molecule has 2 aromatic heterocycles. The molecular weight excluding hydrogens is 378 g/mol. The van der Waals surface area contributed by atoms with Crippen molar-refractivity contribution in [2.75, 3.05) is 30.6 Å². The number of anilines is 2. The molecule has 0 bridgehead atoms. The van der Waals surface area contributed by atoms with Gasteiger partial charge in [0.25, 0.3) is 0 Å². The highest BCUT2D eigenvalue weighted by molar-refractivity contribution is 5.90. The summed E-state index contributed by atoms with van der Waals surface area (Å²) in [5, 5.41) is 0. The summed E-state index contributed by atoms with van der Waals surface area (Å²) in [5.41, 5.74) is 5.80. The summed E-state index contributed by atoms with van der Waals surface area (Å²) in [7, 11) is 3.42. The molecule has 7 heteroatoms. The van der Waals surface area contributed by atoms with Crippen molar-refractivity contribution in [3.05, 3.63) is 76.5 Å². The van der Waals surface area contributed by atoms with Gasteiger partial charge in [0, 0.05) is 49.4 Å². The van der Waals surface area contributed by atoms with Gasteiger partial charge in [-0.25, -0.2) is 14.8 Å². The smallest absolute Gasteiger partial charge is 0.337 e. The van der Waals surface area contributed by atoms with Crippen LogP contribution in [-0.4, -0.2) is 41.7 Å². The summed E-state index contributed by atoms with van der Waals surface area (Å²) in [4.78, 5) is 30.0. The quantitative estimate of drug-likeness (QED) is 0.619. The summed E-state index contributed by atoms with van der Waals surface area (Å²) >= 11 is 0. The Balaban J connectivity index is 1.59. The molecule has 3 aromatic rings. The van der Waals surface area contributed by atoms with Crippen molar-refractivity contribution >= 4 is 17.5 Å². The van der Waals surface area contributed by atoms with Crippen LogP contribution in [0.2, 0.25) is 0 Å². The number of fused-ring (bicyclic) bond motifs is 1. The van der Waals surface area contributed by atoms with Crippen LogP contribution in [0.1, 0.15) is 38.6 Å². The molecule has 0 spiro atoms. The fourth-order valence-electron chi connectivity index (χ4n) is 3.68. The van der Waals surface area contributed by atoms with Crippen molar-refractivity contribution < 1.29 is 9.53 Å². The maximum absolute atomic E-state index is 12.0. The highest BCUT2D eigenvalue weighted by Gasteiger charge is 2.24. The van der Waals surface area contributed by atoms with Gasteiger partial charge >= 0.3 is 5.97 Å². The first-order valence-corrected chi connectivity index (χ1v) is 9.86. The molecule has 0 amide bonds. The van der Waals surface area contributed by atoms with E-state index in [1.54, 1.807) is 6.07 Å². The van der Waals surface area contributed by atoms with Crippen LogP contribution in [0.5, 0.6) is 0 Å². The van der Waals surface area contributed by atoms with Crippen LogP contribution in [-0.2, 0) is 17.7 Å². The topological polar surface area (TPSA) is 71.5 Å². The first kappa shape index (κ1) is 19.8. The van der Waals surface area contributed by atoms with Gasteiger partial charge in [-0.05, 0) is 43.2 Å². The maximum atomic E-state index is 12.0. The third-order valence-corrected chi connectivity index (χ3v) is 5.30. The summed E-state index contributed by atoms with van der Waals surface area (Å²) in [5.74, 6) is 1.39. The van der Waals surface area contributed by atoms with Gasteiger partial charge < -0.3 is 14.5 Å². The predicted octanol–water partition coefficient (Wildman–Crippen LogP) is 3.28. The number of rotatable bonds is 4. The zero-order chi connectivity index (χ0) is 21.3. The van der Waals surface area contributed by atoms with Crippen molar-refractivity contribution in [3.63, 3.8) is 0 Å². The molecule has 30 heavy (non-hydrogen) atoms. The molecule has 1 aliphatic heterocycles. The number of nitrogens with zero attached hydrogens (tertiary/aromatic N) is 5. The average molecular weight is 403 g/mol. The van der Waals surface area contributed by atoms with E-state index in [-0.39, 0.29) is 5.97 Å². The van der Waals surface area contributed by atoms with Crippen molar-refractivity contribution in [3.8, 4) is 0 Å². The van der Waals surface area contributed by atoms with Crippen LogP contribution >= 0.6 is 0 Å². The normalized spacial score (nSPS) is 13.2. The van der Waals surface area contributed by atoms with Gasteiger partial charge in [-0.3, -0.25) is 4.98 Å². The molecule has 0 aliphatic carbocycles. The second kappa shape index (κ2) is 8.10. The lowest BCUT2D eigenvalue weighted by Gasteiger charge is -2.37. The summed E-state index contributed by atoms with van der Waals surface area (Å²) in [6.45, 7) is 5.36. The number of methoxy groups -OCH3 is 1. The standard InChI is InChI=1S/C23H25N5O2/c1-15-5-8-18(23(29)30-4)10-20(15)28-13-19-12-25-21(26-22(19)27(3)14-28)9-17-7-6-16(2)24-11-17/h5-8,10-12H,9,13-14H2,1-4H3. The lowest BCUT2D eigenvalue weighted by Crippen LogP contribution is -2.41. The van der Waals surface area contributed by atoms with E-state index in [9.17, 15) is 4.79 Å². The molecule has 7 nitrogen and oxygen atoms in total. The van der Waals surface area contributed by atoms with Crippen LogP contribution in [0.3, 0.4) is 0 Å². The molecule has 0 saturated heterocycles. The number of pyridine rings is 1. The van der Waals surface area contributed by atoms with E-state index in [1.165, 1.54) is 7.11 Å². The Morgan fingerprint density at radius 2 is 1.97 bits per heavy atom. The van der Waals surface area contributed by atoms with Crippen LogP contribution in [0, 0.1) is 13.8 Å². The molecule has 3 heterocycles. The average Bonchev–Trinajstić information content (AvgIpc) is 2.75. The van der Waals surface area contributed by atoms with Crippen LogP contribution < -0.4 is 9.80 Å². The number of carbonyl (C=O) groups excluding carboxylic acids is 1. The Hall–Kier alpha value is -3.48. The minimum atomic E-state index is -0.333. The van der Waals surface area contributed by atoms with Gasteiger partial charge in [0.05, 0.1) is 19.3 Å². The van der Waals surface area contributed by atoms with E-state index < -0.39 is 0 Å². The van der Waals surface area contributed by atoms with E-state index in [0.29, 0.717) is 25.2 Å². The molecule has 0 N–H and O–H groups in total. The number of hydrogen-bond donors (Lipinski definition) is 0. The summed E-state index contributed by atoms with van der Waals surface area (Å²) in [6.07, 6.45) is 4.43. The second-order valence-electron chi connectivity index (χ2n) is 7.65. The number of benzene rings is 1. The molecule has 154 valence electrons. The fraction of sp³-hybridized carbons (Fsp3) is 0.304. The molecule has 0 radical (unpaired) electrons. The highest BCUT2D eigenvalue weighted by Crippen LogP contribution is 2.30. The van der Waals surface area contributed by atoms with Gasteiger partial charge in [0.15, 0.2) is 0 Å². The van der Waals surface area contributed by atoms with Crippen molar-refractivity contribution in [1.29, 1.82) is 0 Å². The van der Waals surface area contributed by atoms with Gasteiger partial charge in [0.1, 0.15) is 11.6 Å². The molecule has 0 saturated carbocycles. The van der Waals surface area contributed by atoms with E-state index in [0.717, 1.165) is 39.7 Å². The van der Waals surface area contributed by atoms with Crippen LogP contribution in [0.25, 0.3) is 0 Å². The van der Waals surface area contributed by atoms with Gasteiger partial charge in [-0.15, -0.1) is 0 Å². The second-order valence-corrected chi connectivity index (χ2v) is 7.65. The Labute approximate surface area is 176 Å². The van der Waals surface area contributed by atoms with Crippen molar-refractivity contribution in [2.24, 2.45) is 0 Å². The van der Waals surface area contributed by atoms with Gasteiger partial charge in [0.2, 0.25) is 0 Å². The van der Waals surface area contributed by atoms with Crippen molar-refractivity contribution in [2.45, 2.75) is 26.8 Å². The third kappa shape index (κ3) is 3.96. The SMILES string of the molecule is COC(=O)c1ccc(C)c(N2Cc3cnc(Cc4ccc(C)nc4)nc3N(C)C2)c1. The molecule has 1 aromatic carbocycles. The summed E-state index contributed by atoms with van der Waals surface area (Å²) in [6, 6.07) is 9.70. The number of esters is 1. The fourth-order valence-corrected chi connectivity index (χ4v) is 3.68. The first-order chi connectivity index (χ1) is 14.4. The van der Waals surface area contributed by atoms with Gasteiger partial charge in [-0.2, -0.15) is 0 Å². The molecule has 4 rings (SSSR count). The largest absolute Gasteiger partial charge is 0.465 e. The number of ether oxygens (including phenoxy) is 1. The minimum Gasteiger partial charge on any atom is -0.465 e. The van der Waals surface area contributed by atoms with E-state index in [2.05, 4.69) is 25.8 Å². The van der Waals surface area contributed by atoms with E-state index in [1.807, 2.05) is 51.5 Å². The molecule has 0 atom stereocenters. The molecule has 0 fully saturated rings. The lowest BCUT2D eigenvalue weighted by atomic mass is 10.1. The zero-order valence-electron chi connectivity index (χ0n) is 17.7. The zero-order valence-corrected chi connectivity index (χ0v) is 17.7. The Kier molecular flexibility index (Phi) is 5.35. The molecule has 0 unspecified atom stereocenters. The van der Waals surface area contributed by atoms with Crippen LogP contribution in [0.15, 0.2) is 42.7 Å². The Morgan fingerprint density at radius 1 is 1.13 bits per heavy atom. The number of carbonyl (C=O) groups is 1. The first-order valence-electron chi connectivity index (χ1n) is 9.86. The third-order valence-electron chi connectivity index (χ3n) is 5.30. The summed E-state index contributed by atoms with van der Waals surface area (Å²) < 4.78 is 4.87. The number of hydrogen-bond acceptors (Lipinski definition) is 7. The van der Waals surface area contributed by atoms with Crippen LogP contribution in [0.4, 0.5) is 11.5 Å². The van der Waals surface area contributed by atoms with E-state index >= 15 is 0 Å². The lowest BCUT2D eigenvalue weighted by molar-refractivity contribution is 0.0601. The molecular formula is C23H25N5O2. The monoisotopic (exact) mass is 403 g/mol. The Bertz CT molecular complexity index is 1080. The van der Waals surface area contributed by atoms with Crippen molar-refractivity contribution in [1.82, 2.24) is 15.0 Å². The number of aromatic nitrogens is 3. The van der Waals surface area contributed by atoms with Gasteiger partial charge in [-0.1, -0.05) is 12.1 Å². The molecule has 1 aliphatic rings. The maximum Gasteiger partial charge on any atom is 0.337 e.